The summed E-state index contributed by atoms with van der Waals surface area (Å²) < 4.78 is 0. The van der Waals surface area contributed by atoms with Crippen molar-refractivity contribution in [3.63, 3.8) is 0 Å². The fraction of sp³-hybridized carbons (Fsp3) is 0.500. The molecular weight excluding hydrogens is 180 g/mol. The second-order valence-electron chi connectivity index (χ2n) is 3.68. The molecule has 0 saturated heterocycles. The number of aryl methyl sites for hydroxylation is 1. The van der Waals surface area contributed by atoms with Crippen molar-refractivity contribution in [1.82, 2.24) is 0 Å². The molecule has 1 aliphatic carbocycles. The van der Waals surface area contributed by atoms with Crippen LogP contribution in [0.25, 0.3) is 0 Å². The Hall–Kier alpha value is -1.01. The van der Waals surface area contributed by atoms with Crippen molar-refractivity contribution in [2.24, 2.45) is 5.41 Å². The summed E-state index contributed by atoms with van der Waals surface area (Å²) in [6, 6.07) is 4.47. The van der Waals surface area contributed by atoms with Crippen LogP contribution >= 0.6 is 11.3 Å². The third-order valence-electron chi connectivity index (χ3n) is 2.54. The van der Waals surface area contributed by atoms with Gasteiger partial charge in [-0.1, -0.05) is 0 Å². The number of hydrogen-bond donors (Lipinski definition) is 1. The minimum Gasteiger partial charge on any atom is -0.375 e. The lowest BCUT2D eigenvalue weighted by atomic mass is 10.1. The second kappa shape index (κ2) is 3.04. The van der Waals surface area contributed by atoms with E-state index in [1.807, 2.05) is 0 Å². The van der Waals surface area contributed by atoms with Gasteiger partial charge in [-0.3, -0.25) is 0 Å². The van der Waals surface area contributed by atoms with Gasteiger partial charge in [0.15, 0.2) is 0 Å². The summed E-state index contributed by atoms with van der Waals surface area (Å²) in [7, 11) is 0. The fourth-order valence-electron chi connectivity index (χ4n) is 1.28. The molecule has 0 unspecified atom stereocenters. The van der Waals surface area contributed by atoms with E-state index in [1.165, 1.54) is 10.6 Å². The SMILES string of the molecule is Cc1ccsc1NCC1(C#N)CC1. The van der Waals surface area contributed by atoms with Crippen LogP contribution in [0, 0.1) is 23.7 Å². The lowest BCUT2D eigenvalue weighted by Gasteiger charge is -2.07. The number of rotatable bonds is 3. The van der Waals surface area contributed by atoms with E-state index < -0.39 is 0 Å². The highest BCUT2D eigenvalue weighted by Crippen LogP contribution is 2.45. The van der Waals surface area contributed by atoms with Crippen molar-refractivity contribution in [3.05, 3.63) is 17.0 Å². The Kier molecular flexibility index (Phi) is 2.01. The molecule has 2 nitrogen and oxygen atoms in total. The summed E-state index contributed by atoms with van der Waals surface area (Å²) in [6.07, 6.45) is 2.11. The van der Waals surface area contributed by atoms with Crippen LogP contribution in [0.5, 0.6) is 0 Å². The smallest absolute Gasteiger partial charge is 0.0912 e. The number of nitrogens with zero attached hydrogens (tertiary/aromatic N) is 1. The van der Waals surface area contributed by atoms with Crippen molar-refractivity contribution < 1.29 is 0 Å². The van der Waals surface area contributed by atoms with Crippen molar-refractivity contribution in [2.75, 3.05) is 11.9 Å². The lowest BCUT2D eigenvalue weighted by molar-refractivity contribution is 0.712. The summed E-state index contributed by atoms with van der Waals surface area (Å²) in [6.45, 7) is 2.90. The molecule has 1 heterocycles. The summed E-state index contributed by atoms with van der Waals surface area (Å²) in [5.74, 6) is 0. The molecule has 0 amide bonds. The average molecular weight is 192 g/mol. The maximum absolute atomic E-state index is 8.87. The molecule has 1 aromatic heterocycles. The quantitative estimate of drug-likeness (QED) is 0.799. The lowest BCUT2D eigenvalue weighted by Crippen LogP contribution is -2.12. The van der Waals surface area contributed by atoms with Gasteiger partial charge in [0.1, 0.15) is 0 Å². The molecule has 0 aromatic carbocycles. The Morgan fingerprint density at radius 1 is 1.69 bits per heavy atom. The highest BCUT2D eigenvalue weighted by Gasteiger charge is 2.42. The Balaban J connectivity index is 1.94. The Labute approximate surface area is 82.2 Å². The van der Waals surface area contributed by atoms with Crippen LogP contribution in [0.3, 0.4) is 0 Å². The Bertz CT molecular complexity index is 344. The van der Waals surface area contributed by atoms with Gasteiger partial charge in [-0.15, -0.1) is 11.3 Å². The van der Waals surface area contributed by atoms with Gasteiger partial charge < -0.3 is 5.32 Å². The highest BCUT2D eigenvalue weighted by atomic mass is 32.1. The zero-order valence-electron chi connectivity index (χ0n) is 7.63. The van der Waals surface area contributed by atoms with E-state index in [0.29, 0.717) is 0 Å². The molecule has 1 saturated carbocycles. The number of nitriles is 1. The topological polar surface area (TPSA) is 35.8 Å². The number of nitrogens with one attached hydrogen (secondary N) is 1. The zero-order chi connectivity index (χ0) is 9.31. The molecule has 0 bridgehead atoms. The third-order valence-corrected chi connectivity index (χ3v) is 3.51. The first-order chi connectivity index (χ1) is 6.26. The van der Waals surface area contributed by atoms with Crippen LogP contribution in [-0.2, 0) is 0 Å². The van der Waals surface area contributed by atoms with E-state index in [-0.39, 0.29) is 5.41 Å². The first-order valence-electron chi connectivity index (χ1n) is 4.45. The second-order valence-corrected chi connectivity index (χ2v) is 4.59. The van der Waals surface area contributed by atoms with Crippen molar-refractivity contribution in [3.8, 4) is 6.07 Å². The highest BCUT2D eigenvalue weighted by molar-refractivity contribution is 7.14. The largest absolute Gasteiger partial charge is 0.375 e. The minimum atomic E-state index is -0.0452. The monoisotopic (exact) mass is 192 g/mol. The predicted molar refractivity (Wildman–Crippen MR) is 54.8 cm³/mol. The normalized spacial score (nSPS) is 17.8. The number of thiophene rings is 1. The summed E-state index contributed by atoms with van der Waals surface area (Å²) in [4.78, 5) is 0. The minimum absolute atomic E-state index is 0.0452. The van der Waals surface area contributed by atoms with Crippen molar-refractivity contribution >= 4 is 16.3 Å². The first kappa shape index (κ1) is 8.58. The van der Waals surface area contributed by atoms with Crippen molar-refractivity contribution in [2.45, 2.75) is 19.8 Å². The molecule has 2 rings (SSSR count). The Morgan fingerprint density at radius 3 is 2.92 bits per heavy atom. The maximum atomic E-state index is 8.87. The van der Waals surface area contributed by atoms with Gasteiger partial charge in [0.25, 0.3) is 0 Å². The molecule has 1 fully saturated rings. The molecule has 68 valence electrons. The van der Waals surface area contributed by atoms with E-state index in [2.05, 4.69) is 29.8 Å². The summed E-state index contributed by atoms with van der Waals surface area (Å²) in [5, 5.41) is 15.5. The molecule has 0 atom stereocenters. The van der Waals surface area contributed by atoms with Crippen LogP contribution in [0.15, 0.2) is 11.4 Å². The van der Waals surface area contributed by atoms with Gasteiger partial charge in [-0.05, 0) is 36.8 Å². The molecule has 1 N–H and O–H groups in total. The summed E-state index contributed by atoms with van der Waals surface area (Å²) >= 11 is 1.71. The summed E-state index contributed by atoms with van der Waals surface area (Å²) in [5.41, 5.74) is 1.23. The van der Waals surface area contributed by atoms with E-state index in [9.17, 15) is 0 Å². The number of anilines is 1. The van der Waals surface area contributed by atoms with E-state index >= 15 is 0 Å². The Morgan fingerprint density at radius 2 is 2.46 bits per heavy atom. The molecule has 1 aromatic rings. The molecular formula is C10H12N2S. The zero-order valence-corrected chi connectivity index (χ0v) is 8.45. The maximum Gasteiger partial charge on any atom is 0.0912 e. The van der Waals surface area contributed by atoms with Crippen LogP contribution < -0.4 is 5.32 Å². The molecule has 0 aliphatic heterocycles. The molecule has 13 heavy (non-hydrogen) atoms. The van der Waals surface area contributed by atoms with Crippen molar-refractivity contribution in [1.29, 1.82) is 5.26 Å². The van der Waals surface area contributed by atoms with E-state index in [1.54, 1.807) is 11.3 Å². The van der Waals surface area contributed by atoms with Gasteiger partial charge in [0, 0.05) is 6.54 Å². The van der Waals surface area contributed by atoms with Gasteiger partial charge in [-0.25, -0.2) is 0 Å². The third kappa shape index (κ3) is 1.68. The van der Waals surface area contributed by atoms with Gasteiger partial charge in [0.2, 0.25) is 0 Å². The average Bonchev–Trinajstić information content (AvgIpc) is 2.82. The molecule has 3 heteroatoms. The van der Waals surface area contributed by atoms with Crippen LogP contribution in [0.4, 0.5) is 5.00 Å². The fourth-order valence-corrected chi connectivity index (χ4v) is 2.10. The van der Waals surface area contributed by atoms with E-state index in [4.69, 9.17) is 5.26 Å². The molecule has 1 aliphatic rings. The standard InChI is InChI=1S/C10H12N2S/c1-8-2-5-13-9(8)12-7-10(6-11)3-4-10/h2,5,12H,3-4,7H2,1H3. The predicted octanol–water partition coefficient (Wildman–Crippen LogP) is 2.77. The van der Waals surface area contributed by atoms with Gasteiger partial charge in [0.05, 0.1) is 16.5 Å². The number of hydrogen-bond acceptors (Lipinski definition) is 3. The first-order valence-corrected chi connectivity index (χ1v) is 5.33. The molecule has 0 radical (unpaired) electrons. The van der Waals surface area contributed by atoms with Gasteiger partial charge in [-0.2, -0.15) is 5.26 Å². The van der Waals surface area contributed by atoms with E-state index in [0.717, 1.165) is 19.4 Å². The van der Waals surface area contributed by atoms with Crippen LogP contribution in [0.1, 0.15) is 18.4 Å². The molecule has 0 spiro atoms. The van der Waals surface area contributed by atoms with Gasteiger partial charge >= 0.3 is 0 Å². The van der Waals surface area contributed by atoms with Crippen LogP contribution in [-0.4, -0.2) is 6.54 Å². The van der Waals surface area contributed by atoms with Crippen LogP contribution in [0.2, 0.25) is 0 Å².